The standard InChI is InChI=1S/C14H21FN2O2/c1-16(2)7-4-8-17(3)10-12-9-11(14(18)19)5-6-13(12)15/h5-6,9H,4,7-8,10H2,1-3H3,(H,18,19). The van der Waals surface area contributed by atoms with Crippen LogP contribution in [0.3, 0.4) is 0 Å². The van der Waals surface area contributed by atoms with Crippen molar-refractivity contribution in [3.8, 4) is 0 Å². The van der Waals surface area contributed by atoms with E-state index in [9.17, 15) is 9.18 Å². The second kappa shape index (κ2) is 7.21. The summed E-state index contributed by atoms with van der Waals surface area (Å²) in [7, 11) is 5.93. The highest BCUT2D eigenvalue weighted by Crippen LogP contribution is 2.13. The van der Waals surface area contributed by atoms with Gasteiger partial charge in [-0.3, -0.25) is 0 Å². The Morgan fingerprint density at radius 2 is 1.95 bits per heavy atom. The Morgan fingerprint density at radius 3 is 2.53 bits per heavy atom. The van der Waals surface area contributed by atoms with E-state index in [1.807, 2.05) is 26.0 Å². The molecule has 0 saturated heterocycles. The summed E-state index contributed by atoms with van der Waals surface area (Å²) < 4.78 is 13.6. The molecular formula is C14H21FN2O2. The quantitative estimate of drug-likeness (QED) is 0.820. The number of halogens is 1. The molecule has 1 N–H and O–H groups in total. The first-order chi connectivity index (χ1) is 8.90. The Balaban J connectivity index is 2.60. The van der Waals surface area contributed by atoms with E-state index in [1.165, 1.54) is 18.2 Å². The zero-order chi connectivity index (χ0) is 14.4. The maximum atomic E-state index is 13.6. The van der Waals surface area contributed by atoms with E-state index >= 15 is 0 Å². The van der Waals surface area contributed by atoms with Crippen LogP contribution in [-0.4, -0.2) is 55.1 Å². The maximum absolute atomic E-state index is 13.6. The van der Waals surface area contributed by atoms with Crippen molar-refractivity contribution in [3.05, 3.63) is 35.1 Å². The molecule has 0 saturated carbocycles. The third kappa shape index (κ3) is 5.36. The Labute approximate surface area is 113 Å². The number of benzene rings is 1. The van der Waals surface area contributed by atoms with Crippen LogP contribution in [0.15, 0.2) is 18.2 Å². The zero-order valence-corrected chi connectivity index (χ0v) is 11.7. The minimum Gasteiger partial charge on any atom is -0.478 e. The lowest BCUT2D eigenvalue weighted by Crippen LogP contribution is -2.24. The van der Waals surface area contributed by atoms with Gasteiger partial charge in [0, 0.05) is 12.1 Å². The molecule has 0 atom stereocenters. The van der Waals surface area contributed by atoms with Gasteiger partial charge in [0.2, 0.25) is 0 Å². The Bertz CT molecular complexity index is 435. The molecule has 0 aliphatic carbocycles. The van der Waals surface area contributed by atoms with Gasteiger partial charge in [-0.2, -0.15) is 0 Å². The minimum atomic E-state index is -1.03. The van der Waals surface area contributed by atoms with Crippen molar-refractivity contribution in [1.29, 1.82) is 0 Å². The molecule has 0 bridgehead atoms. The SMILES string of the molecule is CN(C)CCCN(C)Cc1cc(C(=O)O)ccc1F. The molecule has 0 heterocycles. The highest BCUT2D eigenvalue weighted by molar-refractivity contribution is 5.87. The summed E-state index contributed by atoms with van der Waals surface area (Å²) in [6.45, 7) is 2.23. The molecule has 0 aliphatic heterocycles. The number of carboxylic acid groups (broad SMARTS) is 1. The van der Waals surface area contributed by atoms with Crippen molar-refractivity contribution in [3.63, 3.8) is 0 Å². The monoisotopic (exact) mass is 268 g/mol. The molecule has 1 rings (SSSR count). The van der Waals surface area contributed by atoms with Gasteiger partial charge in [0.1, 0.15) is 5.82 Å². The van der Waals surface area contributed by atoms with Gasteiger partial charge in [0.15, 0.2) is 0 Å². The molecular weight excluding hydrogens is 247 g/mol. The first-order valence-corrected chi connectivity index (χ1v) is 6.25. The molecule has 0 aliphatic rings. The van der Waals surface area contributed by atoms with Crippen molar-refractivity contribution in [2.45, 2.75) is 13.0 Å². The van der Waals surface area contributed by atoms with E-state index in [0.717, 1.165) is 19.5 Å². The smallest absolute Gasteiger partial charge is 0.335 e. The molecule has 0 unspecified atom stereocenters. The molecule has 0 spiro atoms. The number of nitrogens with zero attached hydrogens (tertiary/aromatic N) is 2. The van der Waals surface area contributed by atoms with Gasteiger partial charge in [0.05, 0.1) is 5.56 Å². The fourth-order valence-corrected chi connectivity index (χ4v) is 1.86. The largest absolute Gasteiger partial charge is 0.478 e. The summed E-state index contributed by atoms with van der Waals surface area (Å²) in [4.78, 5) is 14.9. The van der Waals surface area contributed by atoms with Gasteiger partial charge in [-0.25, -0.2) is 9.18 Å². The minimum absolute atomic E-state index is 0.123. The first kappa shape index (κ1) is 15.6. The van der Waals surface area contributed by atoms with Gasteiger partial charge in [-0.05, 0) is 58.9 Å². The average molecular weight is 268 g/mol. The van der Waals surface area contributed by atoms with Gasteiger partial charge in [-0.15, -0.1) is 0 Å². The number of carboxylic acids is 1. The lowest BCUT2D eigenvalue weighted by Gasteiger charge is -2.18. The Morgan fingerprint density at radius 1 is 1.26 bits per heavy atom. The van der Waals surface area contributed by atoms with Crippen LogP contribution in [0.1, 0.15) is 22.3 Å². The lowest BCUT2D eigenvalue weighted by atomic mass is 10.1. The van der Waals surface area contributed by atoms with Crippen LogP contribution in [0.25, 0.3) is 0 Å². The van der Waals surface area contributed by atoms with Gasteiger partial charge < -0.3 is 14.9 Å². The number of rotatable bonds is 7. The molecule has 5 heteroatoms. The summed E-state index contributed by atoms with van der Waals surface area (Å²) in [5.41, 5.74) is 0.547. The summed E-state index contributed by atoms with van der Waals surface area (Å²) in [5.74, 6) is -1.39. The Kier molecular flexibility index (Phi) is 5.92. The molecule has 4 nitrogen and oxygen atoms in total. The summed E-state index contributed by atoms with van der Waals surface area (Å²) in [6, 6.07) is 3.90. The van der Waals surface area contributed by atoms with Crippen molar-refractivity contribution in [2.24, 2.45) is 0 Å². The molecule has 0 radical (unpaired) electrons. The molecule has 0 aromatic heterocycles. The molecule has 0 fully saturated rings. The van der Waals surface area contributed by atoms with Crippen LogP contribution in [0.5, 0.6) is 0 Å². The van der Waals surface area contributed by atoms with E-state index in [-0.39, 0.29) is 11.4 Å². The van der Waals surface area contributed by atoms with Crippen LogP contribution in [0.4, 0.5) is 4.39 Å². The van der Waals surface area contributed by atoms with Crippen molar-refractivity contribution in [2.75, 3.05) is 34.2 Å². The van der Waals surface area contributed by atoms with Crippen LogP contribution in [0.2, 0.25) is 0 Å². The number of aromatic carboxylic acids is 1. The number of hydrogen-bond donors (Lipinski definition) is 1. The summed E-state index contributed by atoms with van der Waals surface area (Å²) >= 11 is 0. The highest BCUT2D eigenvalue weighted by atomic mass is 19.1. The predicted molar refractivity (Wildman–Crippen MR) is 72.9 cm³/mol. The van der Waals surface area contributed by atoms with Crippen LogP contribution in [0, 0.1) is 5.82 Å². The molecule has 1 aromatic rings. The topological polar surface area (TPSA) is 43.8 Å². The van der Waals surface area contributed by atoms with Gasteiger partial charge >= 0.3 is 5.97 Å². The summed E-state index contributed by atoms with van der Waals surface area (Å²) in [6.07, 6.45) is 0.990. The molecule has 0 amide bonds. The normalized spacial score (nSPS) is 11.3. The lowest BCUT2D eigenvalue weighted by molar-refractivity contribution is 0.0696. The average Bonchev–Trinajstić information content (AvgIpc) is 2.31. The predicted octanol–water partition coefficient (Wildman–Crippen LogP) is 1.91. The van der Waals surface area contributed by atoms with Crippen LogP contribution in [-0.2, 0) is 6.54 Å². The van der Waals surface area contributed by atoms with E-state index in [1.54, 1.807) is 0 Å². The third-order valence-corrected chi connectivity index (χ3v) is 2.88. The zero-order valence-electron chi connectivity index (χ0n) is 11.7. The second-order valence-electron chi connectivity index (χ2n) is 5.01. The van der Waals surface area contributed by atoms with Crippen LogP contribution < -0.4 is 0 Å². The Hall–Kier alpha value is -1.46. The van der Waals surface area contributed by atoms with Crippen molar-refractivity contribution >= 4 is 5.97 Å². The van der Waals surface area contributed by atoms with E-state index in [0.29, 0.717) is 12.1 Å². The fraction of sp³-hybridized carbons (Fsp3) is 0.500. The van der Waals surface area contributed by atoms with Crippen LogP contribution >= 0.6 is 0 Å². The molecule has 106 valence electrons. The number of hydrogen-bond acceptors (Lipinski definition) is 3. The van der Waals surface area contributed by atoms with Crippen molar-refractivity contribution in [1.82, 2.24) is 9.80 Å². The summed E-state index contributed by atoms with van der Waals surface area (Å²) in [5, 5.41) is 8.90. The van der Waals surface area contributed by atoms with Gasteiger partial charge in [-0.1, -0.05) is 0 Å². The molecule has 1 aromatic carbocycles. The first-order valence-electron chi connectivity index (χ1n) is 6.25. The third-order valence-electron chi connectivity index (χ3n) is 2.88. The second-order valence-corrected chi connectivity index (χ2v) is 5.01. The van der Waals surface area contributed by atoms with E-state index < -0.39 is 5.97 Å². The van der Waals surface area contributed by atoms with Gasteiger partial charge in [0.25, 0.3) is 0 Å². The molecule has 19 heavy (non-hydrogen) atoms. The fourth-order valence-electron chi connectivity index (χ4n) is 1.86. The highest BCUT2D eigenvalue weighted by Gasteiger charge is 2.10. The maximum Gasteiger partial charge on any atom is 0.335 e. The van der Waals surface area contributed by atoms with E-state index in [2.05, 4.69) is 4.90 Å². The number of carbonyl (C=O) groups is 1. The van der Waals surface area contributed by atoms with Crippen molar-refractivity contribution < 1.29 is 14.3 Å². The van der Waals surface area contributed by atoms with E-state index in [4.69, 9.17) is 5.11 Å².